The summed E-state index contributed by atoms with van der Waals surface area (Å²) in [5.41, 5.74) is 0.729. The molecule has 1 atom stereocenters. The van der Waals surface area contributed by atoms with Crippen LogP contribution in [0.2, 0.25) is 0 Å². The van der Waals surface area contributed by atoms with Gasteiger partial charge in [-0.05, 0) is 48.7 Å². The van der Waals surface area contributed by atoms with Crippen molar-refractivity contribution in [1.82, 2.24) is 10.0 Å². The van der Waals surface area contributed by atoms with Gasteiger partial charge < -0.3 is 14.5 Å². The molecule has 7 nitrogen and oxygen atoms in total. The van der Waals surface area contributed by atoms with Crippen LogP contribution in [-0.4, -0.2) is 33.6 Å². The van der Waals surface area contributed by atoms with Gasteiger partial charge in [-0.2, -0.15) is 0 Å². The van der Waals surface area contributed by atoms with E-state index in [1.165, 1.54) is 24.5 Å². The number of sulfonamides is 1. The van der Waals surface area contributed by atoms with Gasteiger partial charge >= 0.3 is 0 Å². The van der Waals surface area contributed by atoms with Crippen LogP contribution in [-0.2, 0) is 26.1 Å². The van der Waals surface area contributed by atoms with Crippen LogP contribution in [0.15, 0.2) is 58.1 Å². The summed E-state index contributed by atoms with van der Waals surface area (Å²) in [4.78, 5) is 12.0. The van der Waals surface area contributed by atoms with Crippen LogP contribution in [0.3, 0.4) is 0 Å². The molecule has 0 radical (unpaired) electrons. The molecular formula is C19H22N2O5S. The first-order chi connectivity index (χ1) is 13.0. The van der Waals surface area contributed by atoms with E-state index in [0.29, 0.717) is 12.3 Å². The largest absolute Gasteiger partial charge is 0.468 e. The second-order valence-electron chi connectivity index (χ2n) is 6.19. The molecule has 0 unspecified atom stereocenters. The molecule has 1 aromatic heterocycles. The van der Waals surface area contributed by atoms with Crippen LogP contribution in [0.4, 0.5) is 0 Å². The predicted octanol–water partition coefficient (Wildman–Crippen LogP) is 2.07. The Kier molecular flexibility index (Phi) is 6.44. The van der Waals surface area contributed by atoms with Gasteiger partial charge in [0.2, 0.25) is 15.9 Å². The number of carbonyl (C=O) groups is 1. The highest BCUT2D eigenvalue weighted by Crippen LogP contribution is 2.13. The molecule has 1 fully saturated rings. The Hall–Kier alpha value is -2.42. The van der Waals surface area contributed by atoms with E-state index in [2.05, 4.69) is 10.0 Å². The zero-order valence-electron chi connectivity index (χ0n) is 14.8. The molecule has 0 saturated carbocycles. The quantitative estimate of drug-likeness (QED) is 0.673. The van der Waals surface area contributed by atoms with Crippen molar-refractivity contribution in [3.8, 4) is 0 Å². The van der Waals surface area contributed by atoms with E-state index >= 15 is 0 Å². The molecule has 0 spiro atoms. The maximum atomic E-state index is 12.3. The van der Waals surface area contributed by atoms with Crippen LogP contribution in [0.25, 0.3) is 6.08 Å². The van der Waals surface area contributed by atoms with Crippen LogP contribution < -0.4 is 10.0 Å². The lowest BCUT2D eigenvalue weighted by atomic mass is 10.2. The lowest BCUT2D eigenvalue weighted by Crippen LogP contribution is -2.30. The highest BCUT2D eigenvalue weighted by atomic mass is 32.2. The Morgan fingerprint density at radius 1 is 1.22 bits per heavy atom. The lowest BCUT2D eigenvalue weighted by molar-refractivity contribution is -0.116. The number of hydrogen-bond donors (Lipinski definition) is 2. The summed E-state index contributed by atoms with van der Waals surface area (Å²) in [5.74, 6) is 0.328. The van der Waals surface area contributed by atoms with Crippen molar-refractivity contribution < 1.29 is 22.4 Å². The van der Waals surface area contributed by atoms with Crippen molar-refractivity contribution in [2.45, 2.75) is 30.4 Å². The molecule has 27 heavy (non-hydrogen) atoms. The summed E-state index contributed by atoms with van der Waals surface area (Å²) in [6.45, 7) is 1.34. The molecular weight excluding hydrogens is 368 g/mol. The maximum absolute atomic E-state index is 12.3. The maximum Gasteiger partial charge on any atom is 0.244 e. The molecule has 0 bridgehead atoms. The van der Waals surface area contributed by atoms with Gasteiger partial charge in [-0.1, -0.05) is 12.1 Å². The van der Waals surface area contributed by atoms with Gasteiger partial charge in [0, 0.05) is 19.2 Å². The molecule has 2 heterocycles. The highest BCUT2D eigenvalue weighted by Gasteiger charge is 2.16. The van der Waals surface area contributed by atoms with Crippen molar-refractivity contribution >= 4 is 22.0 Å². The molecule has 1 saturated heterocycles. The molecule has 144 valence electrons. The molecule has 0 aliphatic carbocycles. The van der Waals surface area contributed by atoms with Crippen molar-refractivity contribution in [2.75, 3.05) is 13.2 Å². The third kappa shape index (κ3) is 5.78. The van der Waals surface area contributed by atoms with E-state index in [4.69, 9.17) is 9.15 Å². The minimum absolute atomic E-state index is 0.0852. The van der Waals surface area contributed by atoms with Gasteiger partial charge in [0.1, 0.15) is 5.76 Å². The van der Waals surface area contributed by atoms with E-state index in [0.717, 1.165) is 25.0 Å². The fourth-order valence-electron chi connectivity index (χ4n) is 2.67. The van der Waals surface area contributed by atoms with Crippen LogP contribution in [0.1, 0.15) is 24.2 Å². The number of carbonyl (C=O) groups excluding carboxylic acids is 1. The van der Waals surface area contributed by atoms with E-state index in [-0.39, 0.29) is 23.5 Å². The fraction of sp³-hybridized carbons (Fsp3) is 0.316. The predicted molar refractivity (Wildman–Crippen MR) is 100 cm³/mol. The second kappa shape index (κ2) is 8.98. The molecule has 1 aliphatic heterocycles. The van der Waals surface area contributed by atoms with Crippen LogP contribution in [0.5, 0.6) is 0 Å². The summed E-state index contributed by atoms with van der Waals surface area (Å²) in [6, 6.07) is 9.67. The summed E-state index contributed by atoms with van der Waals surface area (Å²) in [7, 11) is -3.63. The first-order valence-corrected chi connectivity index (χ1v) is 10.2. The molecule has 1 aliphatic rings. The minimum Gasteiger partial charge on any atom is -0.468 e. The van der Waals surface area contributed by atoms with Crippen molar-refractivity contribution in [1.29, 1.82) is 0 Å². The van der Waals surface area contributed by atoms with Crippen molar-refractivity contribution in [3.63, 3.8) is 0 Å². The third-order valence-electron chi connectivity index (χ3n) is 4.16. The molecule has 2 aromatic rings. The Morgan fingerprint density at radius 3 is 2.70 bits per heavy atom. The number of ether oxygens (including phenoxy) is 1. The summed E-state index contributed by atoms with van der Waals surface area (Å²) >= 11 is 0. The number of nitrogens with one attached hydrogen (secondary N) is 2. The summed E-state index contributed by atoms with van der Waals surface area (Å²) in [6.07, 6.45) is 6.64. The van der Waals surface area contributed by atoms with Gasteiger partial charge in [-0.3, -0.25) is 4.79 Å². The molecule has 8 heteroatoms. The highest BCUT2D eigenvalue weighted by molar-refractivity contribution is 7.89. The lowest BCUT2D eigenvalue weighted by Gasteiger charge is -2.08. The zero-order chi connectivity index (χ0) is 19.1. The number of hydrogen-bond acceptors (Lipinski definition) is 5. The Morgan fingerprint density at radius 2 is 2.04 bits per heavy atom. The molecule has 2 N–H and O–H groups in total. The monoisotopic (exact) mass is 390 g/mol. The minimum atomic E-state index is -3.63. The van der Waals surface area contributed by atoms with Gasteiger partial charge in [-0.15, -0.1) is 0 Å². The van der Waals surface area contributed by atoms with Gasteiger partial charge in [0.25, 0.3) is 0 Å². The van der Waals surface area contributed by atoms with E-state index in [9.17, 15) is 13.2 Å². The van der Waals surface area contributed by atoms with Gasteiger partial charge in [0.15, 0.2) is 0 Å². The topological polar surface area (TPSA) is 97.6 Å². The number of amides is 1. The first-order valence-electron chi connectivity index (χ1n) is 8.72. The van der Waals surface area contributed by atoms with Gasteiger partial charge in [0.05, 0.1) is 23.8 Å². The number of furan rings is 1. The average Bonchev–Trinajstić information content (AvgIpc) is 3.37. The van der Waals surface area contributed by atoms with Crippen molar-refractivity contribution in [3.05, 3.63) is 60.1 Å². The van der Waals surface area contributed by atoms with Gasteiger partial charge in [-0.25, -0.2) is 13.1 Å². The van der Waals surface area contributed by atoms with E-state index in [1.807, 2.05) is 0 Å². The number of rotatable bonds is 8. The summed E-state index contributed by atoms with van der Waals surface area (Å²) < 4.78 is 37.6. The summed E-state index contributed by atoms with van der Waals surface area (Å²) in [5, 5.41) is 2.80. The Bertz CT molecular complexity index is 867. The third-order valence-corrected chi connectivity index (χ3v) is 5.58. The molecule has 1 amide bonds. The SMILES string of the molecule is O=C(/C=C/c1ccc(S(=O)(=O)NCc2ccco2)cc1)NC[C@H]1CCCO1. The first kappa shape index (κ1) is 19.3. The second-order valence-corrected chi connectivity index (χ2v) is 7.95. The number of benzene rings is 1. The molecule has 1 aromatic carbocycles. The average molecular weight is 390 g/mol. The zero-order valence-corrected chi connectivity index (χ0v) is 15.6. The van der Waals surface area contributed by atoms with Crippen LogP contribution >= 0.6 is 0 Å². The molecule has 3 rings (SSSR count). The Balaban J connectivity index is 1.52. The van der Waals surface area contributed by atoms with Crippen molar-refractivity contribution in [2.24, 2.45) is 0 Å². The van der Waals surface area contributed by atoms with E-state index < -0.39 is 10.0 Å². The van der Waals surface area contributed by atoms with Crippen LogP contribution in [0, 0.1) is 0 Å². The van der Waals surface area contributed by atoms with E-state index in [1.54, 1.807) is 30.3 Å². The smallest absolute Gasteiger partial charge is 0.244 e. The standard InChI is InChI=1S/C19H22N2O5S/c22-19(20-13-16-3-1-11-25-16)10-7-15-5-8-18(9-6-15)27(23,24)21-14-17-4-2-12-26-17/h2,4-10,12,16,21H,1,3,11,13-14H2,(H,20,22)/b10-7+/t16-/m1/s1. The normalized spacial score (nSPS) is 17.4. The Labute approximate surface area is 158 Å². The fourth-order valence-corrected chi connectivity index (χ4v) is 3.66.